The third kappa shape index (κ3) is 3.77. The molecule has 0 aliphatic carbocycles. The molecule has 124 valence electrons. The first kappa shape index (κ1) is 17.6. The van der Waals surface area contributed by atoms with Crippen molar-refractivity contribution in [3.8, 4) is 12.3 Å². The average molecular weight is 332 g/mol. The zero-order chi connectivity index (χ0) is 17.7. The molecular formula is C19H15F3O2. The van der Waals surface area contributed by atoms with Gasteiger partial charge in [-0.2, -0.15) is 0 Å². The summed E-state index contributed by atoms with van der Waals surface area (Å²) in [4.78, 5) is 11.7. The molecule has 0 aliphatic heterocycles. The van der Waals surface area contributed by atoms with Crippen molar-refractivity contribution in [2.24, 2.45) is 0 Å². The maximum Gasteiger partial charge on any atom is 0.306 e. The van der Waals surface area contributed by atoms with Gasteiger partial charge in [-0.05, 0) is 29.8 Å². The minimum absolute atomic E-state index is 0.282. The van der Waals surface area contributed by atoms with Gasteiger partial charge in [0.2, 0.25) is 0 Å². The van der Waals surface area contributed by atoms with Gasteiger partial charge in [0.1, 0.15) is 17.5 Å². The van der Waals surface area contributed by atoms with Gasteiger partial charge in [0.25, 0.3) is 0 Å². The van der Waals surface area contributed by atoms with Gasteiger partial charge in [0.15, 0.2) is 0 Å². The van der Waals surface area contributed by atoms with E-state index in [1.807, 2.05) is 0 Å². The van der Waals surface area contributed by atoms with E-state index in [0.29, 0.717) is 5.56 Å². The number of hydrogen-bond acceptors (Lipinski definition) is 2. The van der Waals surface area contributed by atoms with Crippen LogP contribution in [0.3, 0.4) is 0 Å². The Morgan fingerprint density at radius 2 is 1.71 bits per heavy atom. The number of carbonyl (C=O) groups is 1. The summed E-state index contributed by atoms with van der Waals surface area (Å²) in [5, 5.41) is 0. The first-order valence-corrected chi connectivity index (χ1v) is 7.20. The first-order valence-electron chi connectivity index (χ1n) is 7.20. The third-order valence-electron chi connectivity index (χ3n) is 3.80. The van der Waals surface area contributed by atoms with Gasteiger partial charge in [-0.1, -0.05) is 24.1 Å². The van der Waals surface area contributed by atoms with Crippen LogP contribution in [-0.2, 0) is 9.53 Å². The van der Waals surface area contributed by atoms with Gasteiger partial charge in [0, 0.05) is 11.5 Å². The van der Waals surface area contributed by atoms with E-state index in [9.17, 15) is 18.0 Å². The quantitative estimate of drug-likeness (QED) is 0.607. The van der Waals surface area contributed by atoms with Crippen molar-refractivity contribution in [1.82, 2.24) is 0 Å². The van der Waals surface area contributed by atoms with Crippen LogP contribution in [0.4, 0.5) is 13.2 Å². The summed E-state index contributed by atoms with van der Waals surface area (Å²) in [6, 6.07) is 8.69. The predicted octanol–water partition coefficient (Wildman–Crippen LogP) is 4.17. The number of benzene rings is 2. The fourth-order valence-electron chi connectivity index (χ4n) is 2.63. The molecular weight excluding hydrogens is 317 g/mol. The lowest BCUT2D eigenvalue weighted by molar-refractivity contribution is -0.141. The number of terminal acetylenes is 1. The molecule has 0 heterocycles. The molecule has 0 spiro atoms. The summed E-state index contributed by atoms with van der Waals surface area (Å²) in [6.45, 7) is 0. The molecule has 0 fully saturated rings. The Morgan fingerprint density at radius 1 is 1.12 bits per heavy atom. The maximum atomic E-state index is 14.2. The standard InChI is InChI=1S/C19H15F3O2/c1-3-14(12-7-9-13(20)10-8-12)15(11-18(23)24-2)19-16(21)5-4-6-17(19)22/h1,4-10,14-15H,11H2,2H3. The van der Waals surface area contributed by atoms with Crippen molar-refractivity contribution in [2.45, 2.75) is 18.3 Å². The lowest BCUT2D eigenvalue weighted by Crippen LogP contribution is -2.18. The summed E-state index contributed by atoms with van der Waals surface area (Å²) >= 11 is 0. The van der Waals surface area contributed by atoms with Crippen molar-refractivity contribution in [2.75, 3.05) is 7.11 Å². The van der Waals surface area contributed by atoms with Crippen molar-refractivity contribution >= 4 is 5.97 Å². The Balaban J connectivity index is 2.54. The van der Waals surface area contributed by atoms with E-state index in [1.165, 1.54) is 37.4 Å². The van der Waals surface area contributed by atoms with Gasteiger partial charge in [0.05, 0.1) is 19.4 Å². The van der Waals surface area contributed by atoms with Crippen LogP contribution in [0.15, 0.2) is 42.5 Å². The Morgan fingerprint density at radius 3 is 2.21 bits per heavy atom. The second-order valence-electron chi connectivity index (χ2n) is 5.22. The molecule has 0 amide bonds. The number of ether oxygens (including phenoxy) is 1. The first-order chi connectivity index (χ1) is 11.5. The molecule has 24 heavy (non-hydrogen) atoms. The summed E-state index contributed by atoms with van der Waals surface area (Å²) in [7, 11) is 1.18. The molecule has 0 saturated heterocycles. The smallest absolute Gasteiger partial charge is 0.306 e. The van der Waals surface area contributed by atoms with Gasteiger partial charge >= 0.3 is 5.97 Å². The minimum atomic E-state index is -0.978. The van der Waals surface area contributed by atoms with E-state index in [-0.39, 0.29) is 12.0 Å². The van der Waals surface area contributed by atoms with Crippen molar-refractivity contribution < 1.29 is 22.7 Å². The second-order valence-corrected chi connectivity index (χ2v) is 5.22. The predicted molar refractivity (Wildman–Crippen MR) is 83.7 cm³/mol. The van der Waals surface area contributed by atoms with Crippen LogP contribution >= 0.6 is 0 Å². The van der Waals surface area contributed by atoms with Crippen LogP contribution in [-0.4, -0.2) is 13.1 Å². The Bertz CT molecular complexity index is 743. The average Bonchev–Trinajstić information content (AvgIpc) is 2.56. The van der Waals surface area contributed by atoms with Gasteiger partial charge in [-0.15, -0.1) is 6.42 Å². The Hall–Kier alpha value is -2.74. The summed E-state index contributed by atoms with van der Waals surface area (Å²) in [5.74, 6) is -2.05. The van der Waals surface area contributed by atoms with Crippen LogP contribution in [0.25, 0.3) is 0 Å². The monoisotopic (exact) mass is 332 g/mol. The number of esters is 1. The SMILES string of the molecule is C#CC(c1ccc(F)cc1)C(CC(=O)OC)c1c(F)cccc1F. The maximum absolute atomic E-state index is 14.2. The van der Waals surface area contributed by atoms with Crippen LogP contribution in [0.2, 0.25) is 0 Å². The van der Waals surface area contributed by atoms with E-state index in [0.717, 1.165) is 12.1 Å². The number of rotatable bonds is 5. The van der Waals surface area contributed by atoms with E-state index in [2.05, 4.69) is 10.7 Å². The molecule has 0 radical (unpaired) electrons. The van der Waals surface area contributed by atoms with Crippen LogP contribution in [0.5, 0.6) is 0 Å². The molecule has 0 aliphatic rings. The van der Waals surface area contributed by atoms with Crippen molar-refractivity contribution in [3.63, 3.8) is 0 Å². The van der Waals surface area contributed by atoms with E-state index < -0.39 is 35.3 Å². The zero-order valence-corrected chi connectivity index (χ0v) is 12.9. The van der Waals surface area contributed by atoms with Gasteiger partial charge in [-0.25, -0.2) is 13.2 Å². The van der Waals surface area contributed by atoms with Crippen molar-refractivity contribution in [1.29, 1.82) is 0 Å². The molecule has 0 N–H and O–H groups in total. The molecule has 0 aromatic heterocycles. The third-order valence-corrected chi connectivity index (χ3v) is 3.80. The highest BCUT2D eigenvalue weighted by Gasteiger charge is 2.31. The highest BCUT2D eigenvalue weighted by atomic mass is 19.1. The topological polar surface area (TPSA) is 26.3 Å². The fraction of sp³-hybridized carbons (Fsp3) is 0.211. The highest BCUT2D eigenvalue weighted by Crippen LogP contribution is 2.38. The molecule has 0 bridgehead atoms. The number of hydrogen-bond donors (Lipinski definition) is 0. The van der Waals surface area contributed by atoms with Gasteiger partial charge < -0.3 is 4.74 Å². The van der Waals surface area contributed by atoms with Gasteiger partial charge in [-0.3, -0.25) is 4.79 Å². The van der Waals surface area contributed by atoms with Crippen molar-refractivity contribution in [3.05, 3.63) is 71.0 Å². The van der Waals surface area contributed by atoms with E-state index in [4.69, 9.17) is 6.42 Å². The Kier molecular flexibility index (Phi) is 5.64. The summed E-state index contributed by atoms with van der Waals surface area (Å²) < 4.78 is 46.2. The minimum Gasteiger partial charge on any atom is -0.469 e. The van der Waals surface area contributed by atoms with Crippen LogP contribution in [0, 0.1) is 29.8 Å². The molecule has 2 atom stereocenters. The molecule has 2 aromatic carbocycles. The summed E-state index contributed by atoms with van der Waals surface area (Å²) in [5.41, 5.74) is 0.200. The Labute approximate surface area is 138 Å². The molecule has 0 saturated carbocycles. The second kappa shape index (κ2) is 7.69. The summed E-state index contributed by atoms with van der Waals surface area (Å²) in [6.07, 6.45) is 5.25. The van der Waals surface area contributed by atoms with Crippen LogP contribution < -0.4 is 0 Å². The lowest BCUT2D eigenvalue weighted by Gasteiger charge is -2.24. The zero-order valence-electron chi connectivity index (χ0n) is 12.9. The lowest BCUT2D eigenvalue weighted by atomic mass is 9.79. The molecule has 2 unspecified atom stereocenters. The fourth-order valence-corrected chi connectivity index (χ4v) is 2.63. The van der Waals surface area contributed by atoms with E-state index in [1.54, 1.807) is 0 Å². The molecule has 5 heteroatoms. The number of halogens is 3. The number of carbonyl (C=O) groups excluding carboxylic acids is 1. The molecule has 2 rings (SSSR count). The highest BCUT2D eigenvalue weighted by molar-refractivity contribution is 5.71. The largest absolute Gasteiger partial charge is 0.469 e. The number of methoxy groups -OCH3 is 1. The normalized spacial score (nSPS) is 13.0. The van der Waals surface area contributed by atoms with E-state index >= 15 is 0 Å². The van der Waals surface area contributed by atoms with Crippen LogP contribution in [0.1, 0.15) is 29.4 Å². The molecule has 2 nitrogen and oxygen atoms in total. The molecule has 2 aromatic rings.